The Labute approximate surface area is 156 Å². The maximum Gasteiger partial charge on any atom is 0.338 e. The summed E-state index contributed by atoms with van der Waals surface area (Å²) in [6.45, 7) is 1.45. The number of hydrogen-bond donors (Lipinski definition) is 2. The van der Waals surface area contributed by atoms with Gasteiger partial charge in [0.2, 0.25) is 15.8 Å². The molecule has 0 radical (unpaired) electrons. The summed E-state index contributed by atoms with van der Waals surface area (Å²) in [6.07, 6.45) is -0.00924. The zero-order valence-corrected chi connectivity index (χ0v) is 15.6. The molecule has 26 heavy (non-hydrogen) atoms. The van der Waals surface area contributed by atoms with Gasteiger partial charge in [0.1, 0.15) is 0 Å². The summed E-state index contributed by atoms with van der Waals surface area (Å²) >= 11 is 5.80. The monoisotopic (exact) mass is 396 g/mol. The lowest BCUT2D eigenvalue weighted by Gasteiger charge is -2.13. The fourth-order valence-electron chi connectivity index (χ4n) is 2.10. The average Bonchev–Trinajstić information content (AvgIpc) is 2.55. The van der Waals surface area contributed by atoms with Crippen molar-refractivity contribution in [2.24, 2.45) is 0 Å². The van der Waals surface area contributed by atoms with Crippen LogP contribution < -0.4 is 10.5 Å². The van der Waals surface area contributed by atoms with E-state index in [4.69, 9.17) is 22.1 Å². The highest BCUT2D eigenvalue weighted by atomic mass is 35.5. The fraction of sp³-hybridized carbons (Fsp3) is 0.176. The van der Waals surface area contributed by atoms with E-state index in [0.29, 0.717) is 10.7 Å². The molecule has 0 saturated heterocycles. The van der Waals surface area contributed by atoms with E-state index >= 15 is 0 Å². The zero-order chi connectivity index (χ0) is 19.5. The minimum absolute atomic E-state index is 0.180. The second-order valence-corrected chi connectivity index (χ2v) is 7.76. The van der Waals surface area contributed by atoms with Crippen LogP contribution in [0.4, 0.5) is 11.4 Å². The predicted octanol–water partition coefficient (Wildman–Crippen LogP) is 2.72. The predicted molar refractivity (Wildman–Crippen MR) is 100.0 cm³/mol. The van der Waals surface area contributed by atoms with Crippen LogP contribution in [0, 0.1) is 0 Å². The Morgan fingerprint density at radius 3 is 2.23 bits per heavy atom. The summed E-state index contributed by atoms with van der Waals surface area (Å²) in [6, 6.07) is 10.1. The van der Waals surface area contributed by atoms with Gasteiger partial charge in [0.15, 0.2) is 6.10 Å². The SMILES string of the molecule is C[C@@H](OC(=O)c1ccc(Cl)c(N)c1)C(=O)c1ccc(NS(C)(=O)=O)cc1. The van der Waals surface area contributed by atoms with Gasteiger partial charge in [-0.3, -0.25) is 9.52 Å². The zero-order valence-electron chi connectivity index (χ0n) is 14.0. The van der Waals surface area contributed by atoms with E-state index in [1.807, 2.05) is 0 Å². The van der Waals surface area contributed by atoms with Gasteiger partial charge in [-0.25, -0.2) is 13.2 Å². The molecule has 0 fully saturated rings. The number of halogens is 1. The van der Waals surface area contributed by atoms with Gasteiger partial charge in [0, 0.05) is 11.3 Å². The number of nitrogen functional groups attached to an aromatic ring is 1. The van der Waals surface area contributed by atoms with E-state index < -0.39 is 27.9 Å². The number of anilines is 2. The van der Waals surface area contributed by atoms with Gasteiger partial charge in [-0.05, 0) is 49.4 Å². The Kier molecular flexibility index (Phi) is 5.89. The normalized spacial score (nSPS) is 12.3. The van der Waals surface area contributed by atoms with E-state index in [2.05, 4.69) is 4.72 Å². The molecule has 0 aliphatic carbocycles. The Morgan fingerprint density at radius 2 is 1.69 bits per heavy atom. The average molecular weight is 397 g/mol. The van der Waals surface area contributed by atoms with Crippen molar-refractivity contribution in [2.45, 2.75) is 13.0 Å². The Balaban J connectivity index is 2.06. The van der Waals surface area contributed by atoms with Gasteiger partial charge in [0.05, 0.1) is 22.5 Å². The minimum Gasteiger partial charge on any atom is -0.451 e. The molecule has 0 aliphatic heterocycles. The van der Waals surface area contributed by atoms with Crippen LogP contribution >= 0.6 is 11.6 Å². The Morgan fingerprint density at radius 1 is 1.12 bits per heavy atom. The van der Waals surface area contributed by atoms with Crippen LogP contribution in [0.3, 0.4) is 0 Å². The molecule has 0 aliphatic rings. The largest absolute Gasteiger partial charge is 0.451 e. The molecule has 9 heteroatoms. The van der Waals surface area contributed by atoms with E-state index in [1.165, 1.54) is 49.4 Å². The first-order valence-corrected chi connectivity index (χ1v) is 9.72. The maximum atomic E-state index is 12.4. The van der Waals surface area contributed by atoms with Crippen molar-refractivity contribution < 1.29 is 22.7 Å². The van der Waals surface area contributed by atoms with Crippen LogP contribution in [0.15, 0.2) is 42.5 Å². The first-order valence-electron chi connectivity index (χ1n) is 7.45. The number of esters is 1. The number of ketones is 1. The number of sulfonamides is 1. The third-order valence-electron chi connectivity index (χ3n) is 3.36. The summed E-state index contributed by atoms with van der Waals surface area (Å²) in [4.78, 5) is 24.5. The fourth-order valence-corrected chi connectivity index (χ4v) is 2.79. The van der Waals surface area contributed by atoms with Gasteiger partial charge in [-0.2, -0.15) is 0 Å². The topological polar surface area (TPSA) is 116 Å². The van der Waals surface area contributed by atoms with E-state index in [0.717, 1.165) is 6.26 Å². The van der Waals surface area contributed by atoms with Crippen molar-refractivity contribution in [1.82, 2.24) is 0 Å². The Hall–Kier alpha value is -2.58. The molecule has 7 nitrogen and oxygen atoms in total. The summed E-state index contributed by atoms with van der Waals surface area (Å²) < 4.78 is 29.8. The third kappa shape index (κ3) is 5.21. The molecule has 3 N–H and O–H groups in total. The summed E-state index contributed by atoms with van der Waals surface area (Å²) in [5.41, 5.74) is 6.66. The number of hydrogen-bond acceptors (Lipinski definition) is 6. The first kappa shape index (κ1) is 19.7. The van der Waals surface area contributed by atoms with E-state index in [9.17, 15) is 18.0 Å². The summed E-state index contributed by atoms with van der Waals surface area (Å²) in [5, 5.41) is 0.313. The second-order valence-electron chi connectivity index (χ2n) is 5.60. The van der Waals surface area contributed by atoms with Crippen LogP contribution in [0.5, 0.6) is 0 Å². The van der Waals surface area contributed by atoms with Crippen molar-refractivity contribution in [3.63, 3.8) is 0 Å². The molecule has 1 atom stereocenters. The number of carbonyl (C=O) groups is 2. The number of carbonyl (C=O) groups excluding carboxylic acids is 2. The van der Waals surface area contributed by atoms with E-state index in [-0.39, 0.29) is 16.8 Å². The molecule has 0 aromatic heterocycles. The van der Waals surface area contributed by atoms with Crippen LogP contribution in [0.2, 0.25) is 5.02 Å². The van der Waals surface area contributed by atoms with Crippen molar-refractivity contribution in [3.8, 4) is 0 Å². The highest BCUT2D eigenvalue weighted by Crippen LogP contribution is 2.20. The summed E-state index contributed by atoms with van der Waals surface area (Å²) in [7, 11) is -3.40. The maximum absolute atomic E-state index is 12.4. The molecule has 2 aromatic carbocycles. The number of benzene rings is 2. The molecule has 138 valence electrons. The lowest BCUT2D eigenvalue weighted by molar-refractivity contribution is 0.0319. The van der Waals surface area contributed by atoms with Gasteiger partial charge >= 0.3 is 5.97 Å². The molecular formula is C17H17ClN2O5S. The molecule has 2 rings (SSSR count). The number of Topliss-reactive ketones (excluding diaryl/α,β-unsaturated/α-hetero) is 1. The van der Waals surface area contributed by atoms with Crippen molar-refractivity contribution >= 4 is 44.8 Å². The van der Waals surface area contributed by atoms with Crippen LogP contribution in [0.25, 0.3) is 0 Å². The molecule has 0 spiro atoms. The smallest absolute Gasteiger partial charge is 0.338 e. The van der Waals surface area contributed by atoms with Gasteiger partial charge < -0.3 is 10.5 Å². The van der Waals surface area contributed by atoms with Crippen molar-refractivity contribution in [3.05, 3.63) is 58.6 Å². The van der Waals surface area contributed by atoms with Crippen molar-refractivity contribution in [1.29, 1.82) is 0 Å². The molecule has 0 saturated carbocycles. The molecular weight excluding hydrogens is 380 g/mol. The molecule has 0 bridgehead atoms. The number of nitrogens with one attached hydrogen (secondary N) is 1. The number of nitrogens with two attached hydrogens (primary N) is 1. The highest BCUT2D eigenvalue weighted by molar-refractivity contribution is 7.92. The number of ether oxygens (including phenoxy) is 1. The quantitative estimate of drug-likeness (QED) is 0.440. The van der Waals surface area contributed by atoms with Gasteiger partial charge in [-0.1, -0.05) is 11.6 Å². The lowest BCUT2D eigenvalue weighted by Crippen LogP contribution is -2.24. The van der Waals surface area contributed by atoms with Gasteiger partial charge in [0.25, 0.3) is 0 Å². The van der Waals surface area contributed by atoms with Crippen LogP contribution in [-0.2, 0) is 14.8 Å². The standard InChI is InChI=1S/C17H17ClN2O5S/c1-10(25-17(22)12-5-8-14(18)15(19)9-12)16(21)11-3-6-13(7-4-11)20-26(2,23)24/h3-10,20H,19H2,1-2H3/t10-/m1/s1. The molecule has 0 unspecified atom stereocenters. The van der Waals surface area contributed by atoms with Crippen LogP contribution in [0.1, 0.15) is 27.6 Å². The highest BCUT2D eigenvalue weighted by Gasteiger charge is 2.21. The Bertz CT molecular complexity index is 942. The molecule has 0 amide bonds. The molecule has 2 aromatic rings. The van der Waals surface area contributed by atoms with E-state index in [1.54, 1.807) is 0 Å². The van der Waals surface area contributed by atoms with Crippen LogP contribution in [-0.4, -0.2) is 32.5 Å². The second kappa shape index (κ2) is 7.76. The summed E-state index contributed by atoms with van der Waals surface area (Å²) in [5.74, 6) is -1.13. The van der Waals surface area contributed by atoms with Crippen molar-refractivity contribution in [2.75, 3.05) is 16.7 Å². The third-order valence-corrected chi connectivity index (χ3v) is 4.31. The first-order chi connectivity index (χ1) is 12.1. The lowest BCUT2D eigenvalue weighted by atomic mass is 10.1. The minimum atomic E-state index is -3.40. The molecule has 0 heterocycles. The number of rotatable bonds is 6. The van der Waals surface area contributed by atoms with Gasteiger partial charge in [-0.15, -0.1) is 0 Å².